The Morgan fingerprint density at radius 3 is 2.58 bits per heavy atom. The summed E-state index contributed by atoms with van der Waals surface area (Å²) in [6.45, 7) is 3.83. The van der Waals surface area contributed by atoms with Gasteiger partial charge in [0.2, 0.25) is 17.7 Å². The molecule has 0 saturated carbocycles. The fraction of sp³-hybridized carbons (Fsp3) is 0.480. The van der Waals surface area contributed by atoms with Gasteiger partial charge in [-0.25, -0.2) is 9.97 Å². The minimum Gasteiger partial charge on any atom is -0.333 e. The minimum atomic E-state index is -0.227. The van der Waals surface area contributed by atoms with Crippen LogP contribution in [-0.2, 0) is 27.3 Å². The Balaban J connectivity index is 1.43. The molecule has 0 N–H and O–H groups in total. The van der Waals surface area contributed by atoms with Crippen LogP contribution in [0.25, 0.3) is 0 Å². The van der Waals surface area contributed by atoms with Crippen molar-refractivity contribution in [2.24, 2.45) is 0 Å². The molecule has 1 aromatic carbocycles. The number of likely N-dealkylation sites (tertiary alicyclic amines) is 2. The maximum Gasteiger partial charge on any atom is 0.242 e. The molecule has 8 heteroatoms. The fourth-order valence-corrected chi connectivity index (χ4v) is 5.14. The Labute approximate surface area is 193 Å². The normalized spacial score (nSPS) is 20.5. The number of nitrogens with zero attached hydrogens (tertiary/aromatic N) is 5. The zero-order valence-corrected chi connectivity index (χ0v) is 19.0. The first kappa shape index (κ1) is 21.6. The van der Waals surface area contributed by atoms with E-state index in [1.54, 1.807) is 9.80 Å². The fourth-order valence-electron chi connectivity index (χ4n) is 5.14. The summed E-state index contributed by atoms with van der Waals surface area (Å²) in [5.41, 5.74) is 2.92. The van der Waals surface area contributed by atoms with Gasteiger partial charge in [-0.3, -0.25) is 19.3 Å². The molecule has 3 amide bonds. The summed E-state index contributed by atoms with van der Waals surface area (Å²) in [6, 6.07) is 9.68. The topological polar surface area (TPSA) is 86.7 Å². The predicted octanol–water partition coefficient (Wildman–Crippen LogP) is 2.55. The second kappa shape index (κ2) is 8.92. The van der Waals surface area contributed by atoms with Gasteiger partial charge in [-0.1, -0.05) is 30.3 Å². The third-order valence-corrected chi connectivity index (χ3v) is 6.91. The van der Waals surface area contributed by atoms with Crippen LogP contribution in [0.1, 0.15) is 60.8 Å². The van der Waals surface area contributed by atoms with Gasteiger partial charge >= 0.3 is 0 Å². The standard InChI is InChI=1S/C25H29N5O3/c1-17-19-11-12-22(32)30(15-18-7-3-2-4-8-18)25(19)27-24(26-17)20-9-5-14-29(20)23(33)16-28-13-6-10-21(28)31/h2-4,7-8,20H,5-6,9-16H2,1H3/t20-/m1/s1. The van der Waals surface area contributed by atoms with Gasteiger partial charge in [0.25, 0.3) is 0 Å². The smallest absolute Gasteiger partial charge is 0.242 e. The molecule has 1 atom stereocenters. The van der Waals surface area contributed by atoms with Crippen LogP contribution in [0.3, 0.4) is 0 Å². The molecule has 3 aliphatic rings. The van der Waals surface area contributed by atoms with Crippen molar-refractivity contribution in [3.8, 4) is 0 Å². The molecule has 3 aliphatic heterocycles. The molecular weight excluding hydrogens is 418 g/mol. The maximum atomic E-state index is 13.1. The average Bonchev–Trinajstić information content (AvgIpc) is 3.46. The SMILES string of the molecule is Cc1nc([C@H]2CCCN2C(=O)CN2CCCC2=O)nc2c1CCC(=O)N2Cc1ccccc1. The van der Waals surface area contributed by atoms with Crippen molar-refractivity contribution in [3.63, 3.8) is 0 Å². The molecule has 2 aromatic rings. The van der Waals surface area contributed by atoms with Crippen molar-refractivity contribution in [2.45, 2.75) is 58.0 Å². The molecule has 0 spiro atoms. The first-order valence-electron chi connectivity index (χ1n) is 11.8. The highest BCUT2D eigenvalue weighted by atomic mass is 16.2. The van der Waals surface area contributed by atoms with Crippen molar-refractivity contribution in [3.05, 3.63) is 53.0 Å². The Bertz CT molecular complexity index is 1090. The van der Waals surface area contributed by atoms with Crippen LogP contribution in [-0.4, -0.2) is 57.1 Å². The molecule has 172 valence electrons. The van der Waals surface area contributed by atoms with E-state index in [0.29, 0.717) is 50.5 Å². The van der Waals surface area contributed by atoms with Crippen LogP contribution >= 0.6 is 0 Å². The van der Waals surface area contributed by atoms with Crippen LogP contribution in [0.15, 0.2) is 30.3 Å². The number of aromatic nitrogens is 2. The number of aryl methyl sites for hydroxylation is 1. The van der Waals surface area contributed by atoms with Gasteiger partial charge in [0.05, 0.1) is 19.1 Å². The molecule has 0 aliphatic carbocycles. The lowest BCUT2D eigenvalue weighted by molar-refractivity contribution is -0.139. The first-order chi connectivity index (χ1) is 16.0. The second-order valence-corrected chi connectivity index (χ2v) is 9.10. The van der Waals surface area contributed by atoms with Crippen LogP contribution < -0.4 is 4.90 Å². The summed E-state index contributed by atoms with van der Waals surface area (Å²) >= 11 is 0. The molecule has 1 aromatic heterocycles. The number of benzene rings is 1. The van der Waals surface area contributed by atoms with E-state index in [1.165, 1.54) is 0 Å². The summed E-state index contributed by atoms with van der Waals surface area (Å²) in [5, 5.41) is 0. The number of rotatable bonds is 5. The lowest BCUT2D eigenvalue weighted by Crippen LogP contribution is -2.41. The average molecular weight is 448 g/mol. The summed E-state index contributed by atoms with van der Waals surface area (Å²) in [7, 11) is 0. The highest BCUT2D eigenvalue weighted by Crippen LogP contribution is 2.35. The van der Waals surface area contributed by atoms with Gasteiger partial charge in [-0.2, -0.15) is 0 Å². The van der Waals surface area contributed by atoms with Crippen LogP contribution in [0.2, 0.25) is 0 Å². The molecule has 5 rings (SSSR count). The van der Waals surface area contributed by atoms with Gasteiger partial charge < -0.3 is 9.80 Å². The van der Waals surface area contributed by atoms with Gasteiger partial charge in [0, 0.05) is 37.2 Å². The third-order valence-electron chi connectivity index (χ3n) is 6.91. The summed E-state index contributed by atoms with van der Waals surface area (Å²) in [4.78, 5) is 52.8. The number of amides is 3. The van der Waals surface area contributed by atoms with E-state index in [-0.39, 0.29) is 30.3 Å². The second-order valence-electron chi connectivity index (χ2n) is 9.10. The van der Waals surface area contributed by atoms with Crippen molar-refractivity contribution < 1.29 is 14.4 Å². The Hall–Kier alpha value is -3.29. The highest BCUT2D eigenvalue weighted by Gasteiger charge is 2.36. The molecule has 8 nitrogen and oxygen atoms in total. The molecule has 33 heavy (non-hydrogen) atoms. The molecule has 0 radical (unpaired) electrons. The summed E-state index contributed by atoms with van der Waals surface area (Å²) < 4.78 is 0. The summed E-state index contributed by atoms with van der Waals surface area (Å²) in [6.07, 6.45) is 4.07. The largest absolute Gasteiger partial charge is 0.333 e. The lowest BCUT2D eigenvalue weighted by Gasteiger charge is -2.31. The van der Waals surface area contributed by atoms with Crippen molar-refractivity contribution in [2.75, 3.05) is 24.5 Å². The minimum absolute atomic E-state index is 0.0510. The predicted molar refractivity (Wildman–Crippen MR) is 122 cm³/mol. The van der Waals surface area contributed by atoms with Crippen molar-refractivity contribution >= 4 is 23.5 Å². The molecular formula is C25H29N5O3. The lowest BCUT2D eigenvalue weighted by atomic mass is 10.0. The first-order valence-corrected chi connectivity index (χ1v) is 11.8. The van der Waals surface area contributed by atoms with Crippen LogP contribution in [0.4, 0.5) is 5.82 Å². The van der Waals surface area contributed by atoms with Crippen LogP contribution in [0, 0.1) is 6.92 Å². The van der Waals surface area contributed by atoms with E-state index in [1.807, 2.05) is 42.2 Å². The number of carbonyl (C=O) groups is 3. The highest BCUT2D eigenvalue weighted by molar-refractivity contribution is 5.95. The number of carbonyl (C=O) groups excluding carboxylic acids is 3. The van der Waals surface area contributed by atoms with E-state index in [9.17, 15) is 14.4 Å². The Kier molecular flexibility index (Phi) is 5.83. The van der Waals surface area contributed by atoms with E-state index < -0.39 is 0 Å². The van der Waals surface area contributed by atoms with Crippen molar-refractivity contribution in [1.82, 2.24) is 19.8 Å². The van der Waals surface area contributed by atoms with Gasteiger partial charge in [0.15, 0.2) is 5.82 Å². The summed E-state index contributed by atoms with van der Waals surface area (Å²) in [5.74, 6) is 1.32. The van der Waals surface area contributed by atoms with Gasteiger partial charge in [-0.05, 0) is 38.2 Å². The zero-order chi connectivity index (χ0) is 22.9. The molecule has 2 fully saturated rings. The quantitative estimate of drug-likeness (QED) is 0.703. The number of hydrogen-bond donors (Lipinski definition) is 0. The molecule has 4 heterocycles. The van der Waals surface area contributed by atoms with E-state index in [0.717, 1.165) is 36.1 Å². The van der Waals surface area contributed by atoms with Crippen LogP contribution in [0.5, 0.6) is 0 Å². The number of anilines is 1. The van der Waals surface area contributed by atoms with E-state index in [2.05, 4.69) is 0 Å². The van der Waals surface area contributed by atoms with E-state index in [4.69, 9.17) is 9.97 Å². The molecule has 0 bridgehead atoms. The van der Waals surface area contributed by atoms with Gasteiger partial charge in [0.1, 0.15) is 5.82 Å². The number of fused-ring (bicyclic) bond motifs is 1. The third kappa shape index (κ3) is 4.21. The van der Waals surface area contributed by atoms with E-state index >= 15 is 0 Å². The van der Waals surface area contributed by atoms with Crippen molar-refractivity contribution in [1.29, 1.82) is 0 Å². The monoisotopic (exact) mass is 447 g/mol. The molecule has 2 saturated heterocycles. The maximum absolute atomic E-state index is 13.1. The Morgan fingerprint density at radius 1 is 1.00 bits per heavy atom. The Morgan fingerprint density at radius 2 is 1.82 bits per heavy atom. The number of hydrogen-bond acceptors (Lipinski definition) is 5. The molecule has 0 unspecified atom stereocenters. The zero-order valence-electron chi connectivity index (χ0n) is 19.0. The van der Waals surface area contributed by atoms with Gasteiger partial charge in [-0.15, -0.1) is 0 Å².